The molecule has 0 spiro atoms. The van der Waals surface area contributed by atoms with Gasteiger partial charge in [-0.05, 0) is 25.1 Å². The fourth-order valence-electron chi connectivity index (χ4n) is 2.39. The van der Waals surface area contributed by atoms with Crippen LogP contribution in [-0.2, 0) is 0 Å². The van der Waals surface area contributed by atoms with Crippen molar-refractivity contribution >= 4 is 16.3 Å². The first-order valence-electron chi connectivity index (χ1n) is 7.37. The standard InChI is InChI=1S/C17H14N4O2S/c1-3-8-23-13-6-4-5-12(10-13)16-20-21-15(18-19-17(21)24-16)14-7-9-22-11(14)2/h3-7,9-10H,1,8H2,2H3. The molecule has 0 radical (unpaired) electrons. The molecule has 0 fully saturated rings. The van der Waals surface area contributed by atoms with Crippen LogP contribution in [0.25, 0.3) is 26.9 Å². The largest absolute Gasteiger partial charge is 0.490 e. The van der Waals surface area contributed by atoms with Crippen LogP contribution in [0, 0.1) is 6.92 Å². The molecule has 4 rings (SSSR count). The van der Waals surface area contributed by atoms with Crippen molar-refractivity contribution in [2.45, 2.75) is 6.92 Å². The molecule has 0 saturated heterocycles. The van der Waals surface area contributed by atoms with Gasteiger partial charge in [-0.25, -0.2) is 0 Å². The van der Waals surface area contributed by atoms with Crippen LogP contribution in [-0.4, -0.2) is 26.4 Å². The molecule has 24 heavy (non-hydrogen) atoms. The van der Waals surface area contributed by atoms with E-state index in [1.165, 1.54) is 11.3 Å². The highest BCUT2D eigenvalue weighted by Gasteiger charge is 2.17. The van der Waals surface area contributed by atoms with E-state index in [2.05, 4.69) is 21.9 Å². The zero-order valence-electron chi connectivity index (χ0n) is 13.0. The van der Waals surface area contributed by atoms with Gasteiger partial charge < -0.3 is 9.15 Å². The van der Waals surface area contributed by atoms with Crippen LogP contribution in [0.2, 0.25) is 0 Å². The van der Waals surface area contributed by atoms with Crippen molar-refractivity contribution in [3.05, 3.63) is 55.0 Å². The molecule has 4 aromatic rings. The van der Waals surface area contributed by atoms with Crippen molar-refractivity contribution < 1.29 is 9.15 Å². The number of aryl methyl sites for hydroxylation is 1. The molecular formula is C17H14N4O2S. The first kappa shape index (κ1) is 14.6. The molecule has 0 aliphatic rings. The molecule has 3 aromatic heterocycles. The Hall–Kier alpha value is -2.93. The van der Waals surface area contributed by atoms with E-state index in [-0.39, 0.29) is 0 Å². The molecule has 0 aliphatic carbocycles. The van der Waals surface area contributed by atoms with Crippen LogP contribution in [0.4, 0.5) is 0 Å². The predicted octanol–water partition coefficient (Wildman–Crippen LogP) is 3.99. The van der Waals surface area contributed by atoms with Crippen LogP contribution in [0.1, 0.15) is 5.76 Å². The zero-order valence-corrected chi connectivity index (χ0v) is 13.8. The van der Waals surface area contributed by atoms with Gasteiger partial charge in [0, 0.05) is 5.56 Å². The third-order valence-corrected chi connectivity index (χ3v) is 4.49. The third-order valence-electron chi connectivity index (χ3n) is 3.54. The molecule has 6 nitrogen and oxygen atoms in total. The summed E-state index contributed by atoms with van der Waals surface area (Å²) in [7, 11) is 0. The third kappa shape index (κ3) is 2.48. The molecule has 0 bridgehead atoms. The van der Waals surface area contributed by atoms with Crippen LogP contribution < -0.4 is 4.74 Å². The van der Waals surface area contributed by atoms with Gasteiger partial charge in [0.05, 0.1) is 11.8 Å². The number of fused-ring (bicyclic) bond motifs is 1. The molecule has 1 aromatic carbocycles. The first-order valence-corrected chi connectivity index (χ1v) is 8.19. The summed E-state index contributed by atoms with van der Waals surface area (Å²) in [6.45, 7) is 6.02. The molecule has 0 unspecified atom stereocenters. The highest BCUT2D eigenvalue weighted by molar-refractivity contribution is 7.19. The smallest absolute Gasteiger partial charge is 0.235 e. The highest BCUT2D eigenvalue weighted by Crippen LogP contribution is 2.30. The molecular weight excluding hydrogens is 324 g/mol. The van der Waals surface area contributed by atoms with Gasteiger partial charge in [0.2, 0.25) is 4.96 Å². The monoisotopic (exact) mass is 338 g/mol. The first-order chi connectivity index (χ1) is 11.8. The molecule has 0 saturated carbocycles. The number of nitrogens with zero attached hydrogens (tertiary/aromatic N) is 4. The lowest BCUT2D eigenvalue weighted by molar-refractivity contribution is 0.363. The minimum Gasteiger partial charge on any atom is -0.490 e. The second-order valence-corrected chi connectivity index (χ2v) is 6.10. The summed E-state index contributed by atoms with van der Waals surface area (Å²) < 4.78 is 12.7. The van der Waals surface area contributed by atoms with Crippen LogP contribution in [0.3, 0.4) is 0 Å². The van der Waals surface area contributed by atoms with Gasteiger partial charge in [0.1, 0.15) is 23.1 Å². The van der Waals surface area contributed by atoms with Gasteiger partial charge >= 0.3 is 0 Å². The Balaban J connectivity index is 1.75. The maximum atomic E-state index is 5.58. The SMILES string of the molecule is C=CCOc1cccc(-c2nn3c(-c4ccoc4C)nnc3s2)c1. The molecule has 7 heteroatoms. The zero-order chi connectivity index (χ0) is 16.5. The number of rotatable bonds is 5. The van der Waals surface area contributed by atoms with Crippen molar-refractivity contribution in [1.29, 1.82) is 0 Å². The fraction of sp³-hybridized carbons (Fsp3) is 0.118. The topological polar surface area (TPSA) is 65.5 Å². The van der Waals surface area contributed by atoms with E-state index in [9.17, 15) is 0 Å². The summed E-state index contributed by atoms with van der Waals surface area (Å²) in [4.78, 5) is 0.734. The normalized spacial score (nSPS) is 11.0. The predicted molar refractivity (Wildman–Crippen MR) is 92.2 cm³/mol. The van der Waals surface area contributed by atoms with Gasteiger partial charge in [-0.15, -0.1) is 10.2 Å². The molecule has 0 atom stereocenters. The number of hydrogen-bond donors (Lipinski definition) is 0. The Labute approximate surface area is 142 Å². The molecule has 0 amide bonds. The summed E-state index contributed by atoms with van der Waals surface area (Å²) >= 11 is 1.48. The number of hydrogen-bond acceptors (Lipinski definition) is 6. The van der Waals surface area contributed by atoms with E-state index >= 15 is 0 Å². The van der Waals surface area contributed by atoms with E-state index in [0.717, 1.165) is 32.6 Å². The highest BCUT2D eigenvalue weighted by atomic mass is 32.1. The number of benzene rings is 1. The fourth-order valence-corrected chi connectivity index (χ4v) is 3.23. The summed E-state index contributed by atoms with van der Waals surface area (Å²) in [5.41, 5.74) is 1.87. The molecule has 0 aliphatic heterocycles. The van der Waals surface area contributed by atoms with Gasteiger partial charge in [-0.1, -0.05) is 36.1 Å². The Morgan fingerprint density at radius 2 is 2.25 bits per heavy atom. The molecule has 0 N–H and O–H groups in total. The second-order valence-electron chi connectivity index (χ2n) is 5.14. The summed E-state index contributed by atoms with van der Waals surface area (Å²) in [5, 5.41) is 13.9. The second kappa shape index (κ2) is 5.93. The Morgan fingerprint density at radius 3 is 3.04 bits per heavy atom. The van der Waals surface area contributed by atoms with E-state index in [1.807, 2.05) is 37.3 Å². The van der Waals surface area contributed by atoms with E-state index < -0.39 is 0 Å². The number of aromatic nitrogens is 4. The maximum absolute atomic E-state index is 5.58. The van der Waals surface area contributed by atoms with E-state index in [0.29, 0.717) is 12.4 Å². The Morgan fingerprint density at radius 1 is 1.33 bits per heavy atom. The van der Waals surface area contributed by atoms with Crippen molar-refractivity contribution in [3.63, 3.8) is 0 Å². The molecule has 3 heterocycles. The van der Waals surface area contributed by atoms with Gasteiger partial charge in [0.25, 0.3) is 0 Å². The lowest BCUT2D eigenvalue weighted by Crippen LogP contribution is -1.93. The lowest BCUT2D eigenvalue weighted by Gasteiger charge is -2.03. The number of furan rings is 1. The van der Waals surface area contributed by atoms with Crippen molar-refractivity contribution in [2.75, 3.05) is 6.61 Å². The Bertz CT molecular complexity index is 1010. The van der Waals surface area contributed by atoms with Crippen LogP contribution in [0.15, 0.2) is 53.7 Å². The maximum Gasteiger partial charge on any atom is 0.235 e. The minimum atomic E-state index is 0.471. The van der Waals surface area contributed by atoms with Crippen molar-refractivity contribution in [1.82, 2.24) is 19.8 Å². The van der Waals surface area contributed by atoms with Crippen molar-refractivity contribution in [2.24, 2.45) is 0 Å². The molecule has 120 valence electrons. The number of ether oxygens (including phenoxy) is 1. The average molecular weight is 338 g/mol. The van der Waals surface area contributed by atoms with Gasteiger partial charge in [0.15, 0.2) is 5.82 Å². The van der Waals surface area contributed by atoms with E-state index in [4.69, 9.17) is 9.15 Å². The Kier molecular flexibility index (Phi) is 3.62. The van der Waals surface area contributed by atoms with Gasteiger partial charge in [-0.3, -0.25) is 0 Å². The summed E-state index contributed by atoms with van der Waals surface area (Å²) in [6, 6.07) is 9.67. The minimum absolute atomic E-state index is 0.471. The quantitative estimate of drug-likeness (QED) is 0.515. The van der Waals surface area contributed by atoms with Crippen LogP contribution in [0.5, 0.6) is 5.75 Å². The average Bonchev–Trinajstić information content (AvgIpc) is 3.28. The van der Waals surface area contributed by atoms with Crippen LogP contribution >= 0.6 is 11.3 Å². The van der Waals surface area contributed by atoms with E-state index in [1.54, 1.807) is 16.9 Å². The lowest BCUT2D eigenvalue weighted by atomic mass is 10.2. The summed E-state index contributed by atoms with van der Waals surface area (Å²) in [6.07, 6.45) is 3.36. The summed E-state index contributed by atoms with van der Waals surface area (Å²) in [5.74, 6) is 2.25. The van der Waals surface area contributed by atoms with Gasteiger partial charge in [-0.2, -0.15) is 9.61 Å². The van der Waals surface area contributed by atoms with Crippen molar-refractivity contribution in [3.8, 4) is 27.7 Å².